The fourth-order valence-corrected chi connectivity index (χ4v) is 4.86. The van der Waals surface area contributed by atoms with Gasteiger partial charge in [-0.25, -0.2) is 4.39 Å². The standard InChI is InChI=1S/C26H23BrClFN2O2/c1-3-25(32)31(21-11-7-19(28)8-12-21)24-14-16(2)30(23-13-6-18(27)15-22(23)24)26(33)17-4-9-20(29)10-5-17/h4-13,15-16,24H,3,14H2,1-2H3/t16-,24+/m1/s1. The van der Waals surface area contributed by atoms with Crippen LogP contribution in [0, 0.1) is 5.82 Å². The van der Waals surface area contributed by atoms with Crippen LogP contribution in [0.3, 0.4) is 0 Å². The van der Waals surface area contributed by atoms with E-state index in [1.54, 1.807) is 21.9 Å². The van der Waals surface area contributed by atoms with Crippen LogP contribution in [0.2, 0.25) is 5.02 Å². The fourth-order valence-electron chi connectivity index (χ4n) is 4.36. The second-order valence-electron chi connectivity index (χ2n) is 8.08. The van der Waals surface area contributed by atoms with Crippen molar-refractivity contribution in [1.82, 2.24) is 0 Å². The summed E-state index contributed by atoms with van der Waals surface area (Å²) >= 11 is 9.63. The van der Waals surface area contributed by atoms with Crippen molar-refractivity contribution < 1.29 is 14.0 Å². The number of rotatable bonds is 4. The summed E-state index contributed by atoms with van der Waals surface area (Å²) in [6, 6.07) is 18.1. The van der Waals surface area contributed by atoms with Gasteiger partial charge in [-0.3, -0.25) is 9.59 Å². The summed E-state index contributed by atoms with van der Waals surface area (Å²) in [4.78, 5) is 30.1. The van der Waals surface area contributed by atoms with Crippen molar-refractivity contribution in [2.75, 3.05) is 9.80 Å². The quantitative estimate of drug-likeness (QED) is 0.360. The zero-order valence-electron chi connectivity index (χ0n) is 18.3. The maximum absolute atomic E-state index is 13.4. The van der Waals surface area contributed by atoms with Crippen LogP contribution < -0.4 is 9.80 Å². The Bertz CT molecular complexity index is 1180. The van der Waals surface area contributed by atoms with Crippen molar-refractivity contribution in [1.29, 1.82) is 0 Å². The third kappa shape index (κ3) is 4.68. The van der Waals surface area contributed by atoms with Crippen LogP contribution in [-0.4, -0.2) is 17.9 Å². The van der Waals surface area contributed by atoms with Crippen LogP contribution in [-0.2, 0) is 4.79 Å². The molecule has 2 amide bonds. The highest BCUT2D eigenvalue weighted by molar-refractivity contribution is 9.10. The number of carbonyl (C=O) groups excluding carboxylic acids is 2. The Kier molecular flexibility index (Phi) is 6.86. The molecular formula is C26H23BrClFN2O2. The molecule has 7 heteroatoms. The molecule has 3 aromatic rings. The molecule has 0 saturated heterocycles. The van der Waals surface area contributed by atoms with E-state index in [0.29, 0.717) is 23.4 Å². The monoisotopic (exact) mass is 528 g/mol. The number of hydrogen-bond donors (Lipinski definition) is 0. The molecule has 0 saturated carbocycles. The van der Waals surface area contributed by atoms with Gasteiger partial charge in [0.05, 0.1) is 6.04 Å². The summed E-state index contributed by atoms with van der Waals surface area (Å²) in [5.74, 6) is -0.609. The molecule has 0 spiro atoms. The first kappa shape index (κ1) is 23.5. The zero-order valence-corrected chi connectivity index (χ0v) is 20.6. The predicted molar refractivity (Wildman–Crippen MR) is 133 cm³/mol. The first-order valence-electron chi connectivity index (χ1n) is 10.8. The maximum atomic E-state index is 13.4. The van der Waals surface area contributed by atoms with Crippen molar-refractivity contribution in [2.24, 2.45) is 0 Å². The molecule has 4 rings (SSSR count). The highest BCUT2D eigenvalue weighted by atomic mass is 79.9. The van der Waals surface area contributed by atoms with Gasteiger partial charge in [0.25, 0.3) is 5.91 Å². The summed E-state index contributed by atoms with van der Waals surface area (Å²) in [7, 11) is 0. The van der Waals surface area contributed by atoms with E-state index in [1.807, 2.05) is 44.2 Å². The highest BCUT2D eigenvalue weighted by Crippen LogP contribution is 2.44. The Labute approximate surface area is 206 Å². The van der Waals surface area contributed by atoms with Crippen molar-refractivity contribution in [3.8, 4) is 0 Å². The van der Waals surface area contributed by atoms with Gasteiger partial charge in [-0.05, 0) is 85.6 Å². The molecule has 0 bridgehead atoms. The number of hydrogen-bond acceptors (Lipinski definition) is 2. The molecule has 4 nitrogen and oxygen atoms in total. The summed E-state index contributed by atoms with van der Waals surface area (Å²) in [6.07, 6.45) is 0.889. The second kappa shape index (κ2) is 9.65. The third-order valence-electron chi connectivity index (χ3n) is 5.91. The molecule has 0 N–H and O–H groups in total. The summed E-state index contributed by atoms with van der Waals surface area (Å²) < 4.78 is 14.3. The molecule has 2 atom stereocenters. The fraction of sp³-hybridized carbons (Fsp3) is 0.231. The molecular weight excluding hydrogens is 507 g/mol. The van der Waals surface area contributed by atoms with Gasteiger partial charge in [0.15, 0.2) is 0 Å². The van der Waals surface area contributed by atoms with E-state index in [4.69, 9.17) is 11.6 Å². The van der Waals surface area contributed by atoms with Gasteiger partial charge < -0.3 is 9.80 Å². The summed E-state index contributed by atoms with van der Waals surface area (Å²) in [5, 5.41) is 0.596. The molecule has 1 aliphatic rings. The lowest BCUT2D eigenvalue weighted by molar-refractivity contribution is -0.118. The van der Waals surface area contributed by atoms with Crippen LogP contribution in [0.15, 0.2) is 71.2 Å². The molecule has 170 valence electrons. The maximum Gasteiger partial charge on any atom is 0.258 e. The minimum absolute atomic E-state index is 0.0150. The number of nitrogens with zero attached hydrogens (tertiary/aromatic N) is 2. The second-order valence-corrected chi connectivity index (χ2v) is 9.43. The van der Waals surface area contributed by atoms with Crippen LogP contribution in [0.25, 0.3) is 0 Å². The van der Waals surface area contributed by atoms with Gasteiger partial charge in [0.1, 0.15) is 5.82 Å². The number of anilines is 2. The van der Waals surface area contributed by atoms with Crippen molar-refractivity contribution in [3.05, 3.63) is 93.2 Å². The molecule has 0 aromatic heterocycles. The number of amides is 2. The van der Waals surface area contributed by atoms with Gasteiger partial charge in [0.2, 0.25) is 5.91 Å². The van der Waals surface area contributed by atoms with Crippen molar-refractivity contribution >= 4 is 50.7 Å². The largest absolute Gasteiger partial charge is 0.305 e. The minimum Gasteiger partial charge on any atom is -0.305 e. The van der Waals surface area contributed by atoms with E-state index >= 15 is 0 Å². The zero-order chi connectivity index (χ0) is 23.7. The molecule has 3 aromatic carbocycles. The summed E-state index contributed by atoms with van der Waals surface area (Å²) in [6.45, 7) is 3.81. The molecule has 33 heavy (non-hydrogen) atoms. The molecule has 0 aliphatic carbocycles. The van der Waals surface area contributed by atoms with E-state index < -0.39 is 0 Å². The minimum atomic E-state index is -0.390. The predicted octanol–water partition coefficient (Wildman–Crippen LogP) is 7.16. The molecule has 1 aliphatic heterocycles. The van der Waals surface area contributed by atoms with Gasteiger partial charge >= 0.3 is 0 Å². The molecule has 0 fully saturated rings. The first-order chi connectivity index (χ1) is 15.8. The average Bonchev–Trinajstić information content (AvgIpc) is 2.80. The normalized spacial score (nSPS) is 17.4. The van der Waals surface area contributed by atoms with Crippen LogP contribution in [0.5, 0.6) is 0 Å². The topological polar surface area (TPSA) is 40.6 Å². The van der Waals surface area contributed by atoms with Gasteiger partial charge in [0, 0.05) is 38.9 Å². The summed E-state index contributed by atoms with van der Waals surface area (Å²) in [5.41, 5.74) is 2.77. The Morgan fingerprint density at radius 2 is 1.76 bits per heavy atom. The first-order valence-corrected chi connectivity index (χ1v) is 11.9. The van der Waals surface area contributed by atoms with Crippen LogP contribution >= 0.6 is 27.5 Å². The lowest BCUT2D eigenvalue weighted by Crippen LogP contribution is -2.47. The molecule has 0 radical (unpaired) electrons. The van der Waals surface area contributed by atoms with Crippen LogP contribution in [0.4, 0.5) is 15.8 Å². The van der Waals surface area contributed by atoms with E-state index in [1.165, 1.54) is 24.3 Å². The van der Waals surface area contributed by atoms with E-state index in [2.05, 4.69) is 15.9 Å². The lowest BCUT2D eigenvalue weighted by Gasteiger charge is -2.43. The lowest BCUT2D eigenvalue weighted by atomic mass is 9.89. The van der Waals surface area contributed by atoms with Gasteiger partial charge in [-0.1, -0.05) is 34.5 Å². The van der Waals surface area contributed by atoms with Gasteiger partial charge in [-0.2, -0.15) is 0 Å². The van der Waals surface area contributed by atoms with Crippen molar-refractivity contribution in [2.45, 2.75) is 38.8 Å². The Hall–Kier alpha value is -2.70. The van der Waals surface area contributed by atoms with Gasteiger partial charge in [-0.15, -0.1) is 0 Å². The van der Waals surface area contributed by atoms with E-state index in [0.717, 1.165) is 21.4 Å². The molecule has 1 heterocycles. The molecule has 0 unspecified atom stereocenters. The Morgan fingerprint density at radius 3 is 2.39 bits per heavy atom. The van der Waals surface area contributed by atoms with E-state index in [9.17, 15) is 14.0 Å². The SMILES string of the molecule is CCC(=O)N(c1ccc(Cl)cc1)[C@H]1C[C@@H](C)N(C(=O)c2ccc(F)cc2)c2ccc(Br)cc21. The van der Waals surface area contributed by atoms with E-state index in [-0.39, 0.29) is 29.7 Å². The Balaban J connectivity index is 1.82. The Morgan fingerprint density at radius 1 is 1.09 bits per heavy atom. The average molecular weight is 530 g/mol. The highest BCUT2D eigenvalue weighted by Gasteiger charge is 2.38. The number of benzene rings is 3. The number of halogens is 3. The number of fused-ring (bicyclic) bond motifs is 1. The van der Waals surface area contributed by atoms with Crippen LogP contribution in [0.1, 0.15) is 48.7 Å². The van der Waals surface area contributed by atoms with Crippen molar-refractivity contribution in [3.63, 3.8) is 0 Å². The smallest absolute Gasteiger partial charge is 0.258 e. The third-order valence-corrected chi connectivity index (χ3v) is 6.66. The number of carbonyl (C=O) groups is 2.